The quantitative estimate of drug-likeness (QED) is 0.728. The molecule has 7 nitrogen and oxygen atoms in total. The van der Waals surface area contributed by atoms with Crippen molar-refractivity contribution in [2.45, 2.75) is 6.54 Å². The number of nitrogens with one attached hydrogen (secondary N) is 1. The summed E-state index contributed by atoms with van der Waals surface area (Å²) in [5.74, 6) is 0.105. The highest BCUT2D eigenvalue weighted by Gasteiger charge is 2.12. The van der Waals surface area contributed by atoms with Crippen LogP contribution in [0.15, 0.2) is 52.1 Å². The van der Waals surface area contributed by atoms with Gasteiger partial charge in [-0.05, 0) is 35.9 Å². The molecule has 0 spiro atoms. The summed E-state index contributed by atoms with van der Waals surface area (Å²) in [5, 5.41) is 0.315. The first-order chi connectivity index (χ1) is 12.0. The lowest BCUT2D eigenvalue weighted by Crippen LogP contribution is -2.35. The Morgan fingerprint density at radius 2 is 1.92 bits per heavy atom. The number of nitrogens with zero attached hydrogens (tertiary/aromatic N) is 1. The standard InChI is InChI=1S/C18H16N2O5/c1-24-13-5-3-4-11(8-13)10-20-16(21)14-7-6-12(17(22)25-2)9-15(14)19-18(20)23/h3-9H,10H2,1-2H3,(H,19,23). The molecular formula is C18H16N2O5. The molecule has 0 saturated carbocycles. The second kappa shape index (κ2) is 6.64. The van der Waals surface area contributed by atoms with Crippen molar-refractivity contribution < 1.29 is 14.3 Å². The minimum Gasteiger partial charge on any atom is -0.497 e. The average molecular weight is 340 g/mol. The lowest BCUT2D eigenvalue weighted by atomic mass is 10.1. The number of carbonyl (C=O) groups is 1. The molecule has 0 atom stereocenters. The highest BCUT2D eigenvalue weighted by molar-refractivity contribution is 5.93. The van der Waals surface area contributed by atoms with Crippen LogP contribution in [-0.4, -0.2) is 29.7 Å². The van der Waals surface area contributed by atoms with E-state index in [0.717, 1.165) is 10.1 Å². The van der Waals surface area contributed by atoms with Gasteiger partial charge in [0.25, 0.3) is 5.56 Å². The molecule has 0 aliphatic heterocycles. The van der Waals surface area contributed by atoms with Crippen molar-refractivity contribution in [3.05, 3.63) is 74.4 Å². The number of rotatable bonds is 4. The number of fused-ring (bicyclic) bond motifs is 1. The molecule has 1 aromatic heterocycles. The maximum atomic E-state index is 12.7. The van der Waals surface area contributed by atoms with Crippen molar-refractivity contribution in [3.8, 4) is 5.75 Å². The average Bonchev–Trinajstić information content (AvgIpc) is 2.64. The Morgan fingerprint density at radius 1 is 1.12 bits per heavy atom. The van der Waals surface area contributed by atoms with E-state index < -0.39 is 17.2 Å². The third-order valence-corrected chi connectivity index (χ3v) is 3.88. The Bertz CT molecular complexity index is 1060. The fourth-order valence-corrected chi connectivity index (χ4v) is 2.60. The van der Waals surface area contributed by atoms with Crippen molar-refractivity contribution in [1.29, 1.82) is 0 Å². The van der Waals surface area contributed by atoms with Gasteiger partial charge in [0.15, 0.2) is 0 Å². The van der Waals surface area contributed by atoms with Gasteiger partial charge in [-0.15, -0.1) is 0 Å². The monoisotopic (exact) mass is 340 g/mol. The van der Waals surface area contributed by atoms with E-state index in [2.05, 4.69) is 9.72 Å². The van der Waals surface area contributed by atoms with Gasteiger partial charge in [-0.3, -0.25) is 9.36 Å². The number of H-pyrrole nitrogens is 1. The summed E-state index contributed by atoms with van der Waals surface area (Å²) in [6.45, 7) is 0.111. The van der Waals surface area contributed by atoms with E-state index in [1.54, 1.807) is 31.4 Å². The van der Waals surface area contributed by atoms with Crippen LogP contribution in [0.5, 0.6) is 5.75 Å². The van der Waals surface area contributed by atoms with Gasteiger partial charge >= 0.3 is 11.7 Å². The minimum absolute atomic E-state index is 0.111. The summed E-state index contributed by atoms with van der Waals surface area (Å²) in [6, 6.07) is 11.6. The van der Waals surface area contributed by atoms with Gasteiger partial charge in [0.05, 0.1) is 37.2 Å². The number of carbonyl (C=O) groups excluding carboxylic acids is 1. The Morgan fingerprint density at radius 3 is 2.64 bits per heavy atom. The third kappa shape index (κ3) is 3.16. The predicted octanol–water partition coefficient (Wildman–Crippen LogP) is 1.53. The van der Waals surface area contributed by atoms with Crippen LogP contribution >= 0.6 is 0 Å². The van der Waals surface area contributed by atoms with Crippen molar-refractivity contribution in [2.24, 2.45) is 0 Å². The van der Waals surface area contributed by atoms with Gasteiger partial charge < -0.3 is 14.5 Å². The molecule has 0 bridgehead atoms. The second-order valence-corrected chi connectivity index (χ2v) is 5.42. The molecule has 0 radical (unpaired) electrons. The summed E-state index contributed by atoms with van der Waals surface area (Å²) >= 11 is 0. The van der Waals surface area contributed by atoms with Gasteiger partial charge in [-0.1, -0.05) is 12.1 Å². The zero-order chi connectivity index (χ0) is 18.0. The number of hydrogen-bond acceptors (Lipinski definition) is 5. The van der Waals surface area contributed by atoms with Gasteiger partial charge in [0.2, 0.25) is 0 Å². The number of esters is 1. The van der Waals surface area contributed by atoms with Gasteiger partial charge in [0, 0.05) is 0 Å². The van der Waals surface area contributed by atoms with Crippen LogP contribution in [0.2, 0.25) is 0 Å². The summed E-state index contributed by atoms with van der Waals surface area (Å²) in [5.41, 5.74) is 0.327. The summed E-state index contributed by atoms with van der Waals surface area (Å²) in [4.78, 5) is 39.2. The van der Waals surface area contributed by atoms with Crippen LogP contribution in [0.3, 0.4) is 0 Å². The first-order valence-corrected chi connectivity index (χ1v) is 7.51. The zero-order valence-electron chi connectivity index (χ0n) is 13.7. The first kappa shape index (κ1) is 16.5. The smallest absolute Gasteiger partial charge is 0.337 e. The summed E-state index contributed by atoms with van der Waals surface area (Å²) in [7, 11) is 2.81. The molecule has 0 fully saturated rings. The molecule has 25 heavy (non-hydrogen) atoms. The number of methoxy groups -OCH3 is 2. The summed E-state index contributed by atoms with van der Waals surface area (Å²) in [6.07, 6.45) is 0. The Hall–Kier alpha value is -3.35. The Balaban J connectivity index is 2.09. The molecular weight excluding hydrogens is 324 g/mol. The fraction of sp³-hybridized carbons (Fsp3) is 0.167. The minimum atomic E-state index is -0.553. The number of aromatic nitrogens is 2. The van der Waals surface area contributed by atoms with Gasteiger partial charge in [0.1, 0.15) is 5.75 Å². The maximum absolute atomic E-state index is 12.7. The number of aromatic amines is 1. The predicted molar refractivity (Wildman–Crippen MR) is 92.3 cm³/mol. The molecule has 3 rings (SSSR count). The van der Waals surface area contributed by atoms with Crippen molar-refractivity contribution in [3.63, 3.8) is 0 Å². The molecule has 3 aromatic rings. The SMILES string of the molecule is COC(=O)c1ccc2c(=O)n(Cc3cccc(OC)c3)c(=O)[nH]c2c1. The first-order valence-electron chi connectivity index (χ1n) is 7.51. The van der Waals surface area contributed by atoms with Crippen LogP contribution in [-0.2, 0) is 11.3 Å². The van der Waals surface area contributed by atoms with E-state index in [-0.39, 0.29) is 12.1 Å². The molecule has 1 N–H and O–H groups in total. The van der Waals surface area contributed by atoms with Crippen LogP contribution < -0.4 is 16.0 Å². The molecule has 0 aliphatic carbocycles. The molecule has 0 aliphatic rings. The van der Waals surface area contributed by atoms with Crippen molar-refractivity contribution >= 4 is 16.9 Å². The molecule has 2 aromatic carbocycles. The van der Waals surface area contributed by atoms with E-state index >= 15 is 0 Å². The van der Waals surface area contributed by atoms with Crippen LogP contribution in [0.1, 0.15) is 15.9 Å². The Labute approximate surface area is 142 Å². The molecule has 1 heterocycles. The lowest BCUT2D eigenvalue weighted by Gasteiger charge is -2.08. The second-order valence-electron chi connectivity index (χ2n) is 5.42. The molecule has 0 saturated heterocycles. The Kier molecular flexibility index (Phi) is 4.38. The lowest BCUT2D eigenvalue weighted by molar-refractivity contribution is 0.0601. The van der Waals surface area contributed by atoms with Crippen molar-refractivity contribution in [1.82, 2.24) is 9.55 Å². The molecule has 7 heteroatoms. The van der Waals surface area contributed by atoms with E-state index in [0.29, 0.717) is 16.7 Å². The van der Waals surface area contributed by atoms with Gasteiger partial charge in [-0.25, -0.2) is 9.59 Å². The van der Waals surface area contributed by atoms with Crippen LogP contribution in [0.4, 0.5) is 0 Å². The van der Waals surface area contributed by atoms with E-state index in [4.69, 9.17) is 4.74 Å². The normalized spacial score (nSPS) is 10.6. The molecule has 128 valence electrons. The van der Waals surface area contributed by atoms with E-state index in [1.165, 1.54) is 25.3 Å². The van der Waals surface area contributed by atoms with Crippen LogP contribution in [0.25, 0.3) is 10.9 Å². The van der Waals surface area contributed by atoms with Gasteiger partial charge in [-0.2, -0.15) is 0 Å². The molecule has 0 amide bonds. The highest BCUT2D eigenvalue weighted by atomic mass is 16.5. The third-order valence-electron chi connectivity index (χ3n) is 3.88. The summed E-state index contributed by atoms with van der Waals surface area (Å²) < 4.78 is 10.9. The van der Waals surface area contributed by atoms with E-state index in [9.17, 15) is 14.4 Å². The van der Waals surface area contributed by atoms with E-state index in [1.807, 2.05) is 0 Å². The maximum Gasteiger partial charge on any atom is 0.337 e. The highest BCUT2D eigenvalue weighted by Crippen LogP contribution is 2.14. The molecule has 0 unspecified atom stereocenters. The number of ether oxygens (including phenoxy) is 2. The number of hydrogen-bond donors (Lipinski definition) is 1. The number of benzene rings is 2. The topological polar surface area (TPSA) is 90.4 Å². The fourth-order valence-electron chi connectivity index (χ4n) is 2.60. The van der Waals surface area contributed by atoms with Crippen molar-refractivity contribution in [2.75, 3.05) is 14.2 Å². The van der Waals surface area contributed by atoms with Crippen LogP contribution in [0, 0.1) is 0 Å². The largest absolute Gasteiger partial charge is 0.497 e. The zero-order valence-corrected chi connectivity index (χ0v) is 13.7.